The summed E-state index contributed by atoms with van der Waals surface area (Å²) in [5.74, 6) is -0.185. The molecular formula is C11H9ClN2O. The first-order chi connectivity index (χ1) is 7.33. The number of halogens is 1. The summed E-state index contributed by atoms with van der Waals surface area (Å²) in [7, 11) is 0. The Labute approximate surface area is 92.1 Å². The van der Waals surface area contributed by atoms with Crippen molar-refractivity contribution >= 4 is 17.4 Å². The first kappa shape index (κ1) is 9.93. The van der Waals surface area contributed by atoms with E-state index >= 15 is 0 Å². The largest absolute Gasteiger partial charge is 0.291 e. The monoisotopic (exact) mass is 220 g/mol. The second kappa shape index (κ2) is 4.28. The molecule has 0 saturated heterocycles. The number of H-pyrrole nitrogens is 1. The third kappa shape index (κ3) is 1.92. The summed E-state index contributed by atoms with van der Waals surface area (Å²) >= 11 is 5.51. The highest BCUT2D eigenvalue weighted by Gasteiger charge is 2.13. The third-order valence-corrected chi connectivity index (χ3v) is 2.37. The number of benzene rings is 1. The maximum absolute atomic E-state index is 11.5. The van der Waals surface area contributed by atoms with Crippen LogP contribution in [0.3, 0.4) is 0 Å². The summed E-state index contributed by atoms with van der Waals surface area (Å²) in [6.45, 7) is 0. The first-order valence-electron chi connectivity index (χ1n) is 4.51. The van der Waals surface area contributed by atoms with Crippen LogP contribution >= 0.6 is 11.6 Å². The molecule has 4 heteroatoms. The Morgan fingerprint density at radius 3 is 2.73 bits per heavy atom. The van der Waals surface area contributed by atoms with Gasteiger partial charge in [-0.05, 0) is 5.56 Å². The number of nitrogens with zero attached hydrogens (tertiary/aromatic N) is 1. The molecule has 1 N–H and O–H groups in total. The van der Waals surface area contributed by atoms with Crippen molar-refractivity contribution < 1.29 is 4.79 Å². The summed E-state index contributed by atoms with van der Waals surface area (Å²) < 4.78 is 0. The van der Waals surface area contributed by atoms with Gasteiger partial charge >= 0.3 is 0 Å². The quantitative estimate of drug-likeness (QED) is 0.638. The fourth-order valence-electron chi connectivity index (χ4n) is 1.40. The molecule has 0 radical (unpaired) electrons. The van der Waals surface area contributed by atoms with Crippen LogP contribution in [0.2, 0.25) is 0 Å². The maximum Gasteiger partial charge on any atom is 0.195 e. The van der Waals surface area contributed by atoms with Crippen molar-refractivity contribution in [2.24, 2.45) is 0 Å². The molecule has 1 heterocycles. The number of carbonyl (C=O) groups excluding carboxylic acids is 1. The molecule has 1 aromatic heterocycles. The van der Waals surface area contributed by atoms with E-state index in [-0.39, 0.29) is 11.7 Å². The van der Waals surface area contributed by atoms with Gasteiger partial charge in [0.05, 0.1) is 12.1 Å². The van der Waals surface area contributed by atoms with Crippen LogP contribution in [-0.2, 0) is 0 Å². The molecule has 0 atom stereocenters. The number of hydrogen-bond acceptors (Lipinski definition) is 2. The zero-order valence-corrected chi connectivity index (χ0v) is 8.66. The van der Waals surface area contributed by atoms with Gasteiger partial charge in [0.2, 0.25) is 0 Å². The van der Waals surface area contributed by atoms with Crippen molar-refractivity contribution in [3.63, 3.8) is 0 Å². The van der Waals surface area contributed by atoms with Crippen molar-refractivity contribution in [1.82, 2.24) is 10.2 Å². The number of Topliss-reactive ketones (excluding diaryl/α,β-unsaturated/α-hetero) is 1. The molecule has 15 heavy (non-hydrogen) atoms. The minimum absolute atomic E-state index is 0.0397. The van der Waals surface area contributed by atoms with Crippen LogP contribution < -0.4 is 0 Å². The van der Waals surface area contributed by atoms with E-state index in [1.807, 2.05) is 30.3 Å². The number of rotatable bonds is 3. The highest BCUT2D eigenvalue weighted by Crippen LogP contribution is 2.21. The van der Waals surface area contributed by atoms with Crippen LogP contribution in [0.5, 0.6) is 0 Å². The molecule has 0 amide bonds. The van der Waals surface area contributed by atoms with Gasteiger partial charge in [-0.2, -0.15) is 5.10 Å². The minimum Gasteiger partial charge on any atom is -0.291 e. The van der Waals surface area contributed by atoms with E-state index in [1.165, 1.54) is 0 Å². The third-order valence-electron chi connectivity index (χ3n) is 2.12. The highest BCUT2D eigenvalue weighted by molar-refractivity contribution is 6.30. The maximum atomic E-state index is 11.5. The van der Waals surface area contributed by atoms with Gasteiger partial charge in [-0.1, -0.05) is 30.3 Å². The number of nitrogens with one attached hydrogen (secondary N) is 1. The molecule has 3 nitrogen and oxygen atoms in total. The van der Waals surface area contributed by atoms with Gasteiger partial charge in [-0.25, -0.2) is 0 Å². The van der Waals surface area contributed by atoms with Gasteiger partial charge in [0.15, 0.2) is 5.78 Å². The van der Waals surface area contributed by atoms with Gasteiger partial charge in [0.25, 0.3) is 0 Å². The van der Waals surface area contributed by atoms with Crippen LogP contribution in [0.1, 0.15) is 10.5 Å². The molecule has 0 aliphatic heterocycles. The van der Waals surface area contributed by atoms with Gasteiger partial charge in [-0.3, -0.25) is 9.89 Å². The fraction of sp³-hybridized carbons (Fsp3) is 0.0909. The van der Waals surface area contributed by atoms with Crippen LogP contribution in [0.4, 0.5) is 0 Å². The second-order valence-electron chi connectivity index (χ2n) is 3.08. The van der Waals surface area contributed by atoms with Crippen LogP contribution in [-0.4, -0.2) is 21.9 Å². The van der Waals surface area contributed by atoms with E-state index in [9.17, 15) is 4.79 Å². The van der Waals surface area contributed by atoms with Crippen molar-refractivity contribution in [1.29, 1.82) is 0 Å². The standard InChI is InChI=1S/C11H9ClN2O/c12-6-10(15)11-9(7-13-14-11)8-4-2-1-3-5-8/h1-5,7H,6H2,(H,13,14). The smallest absolute Gasteiger partial charge is 0.195 e. The Morgan fingerprint density at radius 2 is 2.07 bits per heavy atom. The van der Waals surface area contributed by atoms with Crippen molar-refractivity contribution in [2.75, 3.05) is 5.88 Å². The lowest BCUT2D eigenvalue weighted by molar-refractivity contribution is 0.101. The Balaban J connectivity index is 2.46. The molecule has 2 aromatic rings. The molecule has 0 aliphatic carbocycles. The first-order valence-corrected chi connectivity index (χ1v) is 5.04. The van der Waals surface area contributed by atoms with Crippen molar-refractivity contribution in [3.8, 4) is 11.1 Å². The molecule has 0 fully saturated rings. The topological polar surface area (TPSA) is 45.8 Å². The molecule has 0 bridgehead atoms. The van der Waals surface area contributed by atoms with E-state index in [1.54, 1.807) is 6.20 Å². The summed E-state index contributed by atoms with van der Waals surface area (Å²) in [5.41, 5.74) is 2.22. The normalized spacial score (nSPS) is 10.2. The molecule has 2 rings (SSSR count). The molecule has 1 aromatic carbocycles. The molecule has 0 unspecified atom stereocenters. The number of alkyl halides is 1. The van der Waals surface area contributed by atoms with Crippen molar-refractivity contribution in [3.05, 3.63) is 42.2 Å². The summed E-state index contributed by atoms with van der Waals surface area (Å²) in [4.78, 5) is 11.5. The zero-order valence-electron chi connectivity index (χ0n) is 7.90. The average molecular weight is 221 g/mol. The Morgan fingerprint density at radius 1 is 1.33 bits per heavy atom. The average Bonchev–Trinajstić information content (AvgIpc) is 2.78. The predicted octanol–water partition coefficient (Wildman–Crippen LogP) is 2.50. The van der Waals surface area contributed by atoms with Crippen LogP contribution in [0.15, 0.2) is 36.5 Å². The number of carbonyl (C=O) groups is 1. The number of ketones is 1. The van der Waals surface area contributed by atoms with E-state index in [0.717, 1.165) is 11.1 Å². The molecule has 76 valence electrons. The lowest BCUT2D eigenvalue weighted by atomic mass is 10.1. The molecule has 0 aliphatic rings. The summed E-state index contributed by atoms with van der Waals surface area (Å²) in [6, 6.07) is 9.60. The van der Waals surface area contributed by atoms with Crippen molar-refractivity contribution in [2.45, 2.75) is 0 Å². The van der Waals surface area contributed by atoms with Gasteiger partial charge in [0, 0.05) is 5.56 Å². The molecule has 0 spiro atoms. The number of hydrogen-bond donors (Lipinski definition) is 1. The Bertz CT molecular complexity index is 464. The predicted molar refractivity (Wildman–Crippen MR) is 59.1 cm³/mol. The van der Waals surface area contributed by atoms with E-state index < -0.39 is 0 Å². The highest BCUT2D eigenvalue weighted by atomic mass is 35.5. The van der Waals surface area contributed by atoms with Crippen LogP contribution in [0.25, 0.3) is 11.1 Å². The lowest BCUT2D eigenvalue weighted by Crippen LogP contribution is -2.02. The van der Waals surface area contributed by atoms with E-state index in [4.69, 9.17) is 11.6 Å². The fourth-order valence-corrected chi connectivity index (χ4v) is 1.54. The van der Waals surface area contributed by atoms with E-state index in [0.29, 0.717) is 5.69 Å². The van der Waals surface area contributed by atoms with Gasteiger partial charge < -0.3 is 0 Å². The van der Waals surface area contributed by atoms with Gasteiger partial charge in [0.1, 0.15) is 5.69 Å². The summed E-state index contributed by atoms with van der Waals surface area (Å²) in [5, 5.41) is 6.53. The summed E-state index contributed by atoms with van der Waals surface area (Å²) in [6.07, 6.45) is 1.63. The SMILES string of the molecule is O=C(CCl)c1[nH]ncc1-c1ccccc1. The Kier molecular flexibility index (Phi) is 2.83. The van der Waals surface area contributed by atoms with E-state index in [2.05, 4.69) is 10.2 Å². The minimum atomic E-state index is -0.145. The second-order valence-corrected chi connectivity index (χ2v) is 3.35. The molecule has 0 saturated carbocycles. The van der Waals surface area contributed by atoms with Crippen LogP contribution in [0, 0.1) is 0 Å². The lowest BCUT2D eigenvalue weighted by Gasteiger charge is -1.99. The van der Waals surface area contributed by atoms with Gasteiger partial charge in [-0.15, -0.1) is 11.6 Å². The zero-order chi connectivity index (χ0) is 10.7. The Hall–Kier alpha value is -1.61. The molecular weight excluding hydrogens is 212 g/mol. The number of aromatic amines is 1. The number of aromatic nitrogens is 2.